The quantitative estimate of drug-likeness (QED) is 0.826. The Bertz CT molecular complexity index is 410. The molecular formula is C14H24N4O. The zero-order chi connectivity index (χ0) is 13.7. The molecule has 1 aromatic heterocycles. The Kier molecular flexibility index (Phi) is 4.96. The van der Waals surface area contributed by atoms with Gasteiger partial charge in [0.05, 0.1) is 6.10 Å². The average Bonchev–Trinajstić information content (AvgIpc) is 2.83. The van der Waals surface area contributed by atoms with E-state index in [1.54, 1.807) is 0 Å². The maximum Gasteiger partial charge on any atom is 0.224 e. The lowest BCUT2D eigenvalue weighted by molar-refractivity contribution is 0.0900. The van der Waals surface area contributed by atoms with E-state index >= 15 is 0 Å². The van der Waals surface area contributed by atoms with E-state index in [2.05, 4.69) is 27.5 Å². The maximum atomic E-state index is 5.70. The van der Waals surface area contributed by atoms with Gasteiger partial charge in [0.15, 0.2) is 0 Å². The van der Waals surface area contributed by atoms with Crippen LogP contribution in [0.15, 0.2) is 6.07 Å². The molecule has 1 aliphatic rings. The number of aromatic nitrogens is 2. The van der Waals surface area contributed by atoms with Gasteiger partial charge in [0.25, 0.3) is 0 Å². The van der Waals surface area contributed by atoms with Crippen LogP contribution in [-0.2, 0) is 4.74 Å². The van der Waals surface area contributed by atoms with Gasteiger partial charge in [0.2, 0.25) is 5.95 Å². The highest BCUT2D eigenvalue weighted by atomic mass is 16.5. The van der Waals surface area contributed by atoms with Crippen molar-refractivity contribution in [3.63, 3.8) is 0 Å². The summed E-state index contributed by atoms with van der Waals surface area (Å²) in [7, 11) is 0. The largest absolute Gasteiger partial charge is 0.378 e. The molecule has 2 rings (SSSR count). The molecule has 0 spiro atoms. The first kappa shape index (κ1) is 14.1. The molecule has 1 aromatic rings. The summed E-state index contributed by atoms with van der Waals surface area (Å²) >= 11 is 0. The highest BCUT2D eigenvalue weighted by Gasteiger charge is 2.26. The van der Waals surface area contributed by atoms with Crippen LogP contribution >= 0.6 is 0 Å². The fraction of sp³-hybridized carbons (Fsp3) is 0.714. The van der Waals surface area contributed by atoms with E-state index in [9.17, 15) is 0 Å². The van der Waals surface area contributed by atoms with Crippen LogP contribution in [0.5, 0.6) is 0 Å². The van der Waals surface area contributed by atoms with E-state index in [-0.39, 0.29) is 0 Å². The van der Waals surface area contributed by atoms with Crippen LogP contribution in [0.2, 0.25) is 0 Å². The fourth-order valence-electron chi connectivity index (χ4n) is 2.51. The van der Waals surface area contributed by atoms with Crippen molar-refractivity contribution in [2.45, 2.75) is 39.7 Å². The molecule has 0 aromatic carbocycles. The van der Waals surface area contributed by atoms with Crippen LogP contribution in [0.4, 0.5) is 11.8 Å². The van der Waals surface area contributed by atoms with Crippen molar-refractivity contribution in [1.82, 2.24) is 9.97 Å². The molecule has 0 radical (unpaired) electrons. The van der Waals surface area contributed by atoms with Crippen LogP contribution in [0, 0.1) is 12.8 Å². The first-order valence-electron chi connectivity index (χ1n) is 7.18. The second-order valence-electron chi connectivity index (χ2n) is 5.00. The molecule has 0 amide bonds. The lowest BCUT2D eigenvalue weighted by Gasteiger charge is -2.18. The Morgan fingerprint density at radius 3 is 2.89 bits per heavy atom. The predicted octanol–water partition coefficient (Wildman–Crippen LogP) is 2.44. The van der Waals surface area contributed by atoms with Crippen LogP contribution in [0.1, 0.15) is 32.4 Å². The number of hydrogen-bond donors (Lipinski definition) is 2. The van der Waals surface area contributed by atoms with Crippen LogP contribution in [0.25, 0.3) is 0 Å². The van der Waals surface area contributed by atoms with Gasteiger partial charge < -0.3 is 15.4 Å². The Morgan fingerprint density at radius 1 is 1.32 bits per heavy atom. The highest BCUT2D eigenvalue weighted by molar-refractivity contribution is 5.42. The topological polar surface area (TPSA) is 59.1 Å². The summed E-state index contributed by atoms with van der Waals surface area (Å²) in [6.07, 6.45) is 2.61. The Labute approximate surface area is 115 Å². The van der Waals surface area contributed by atoms with E-state index < -0.39 is 0 Å². The van der Waals surface area contributed by atoms with Crippen molar-refractivity contribution in [1.29, 1.82) is 0 Å². The lowest BCUT2D eigenvalue weighted by Crippen LogP contribution is -2.23. The van der Waals surface area contributed by atoms with Crippen molar-refractivity contribution in [3.05, 3.63) is 11.8 Å². The normalized spacial score (nSPS) is 22.5. The molecule has 5 heteroatoms. The first-order chi connectivity index (χ1) is 9.22. The monoisotopic (exact) mass is 264 g/mol. The van der Waals surface area contributed by atoms with Gasteiger partial charge in [-0.1, -0.05) is 6.92 Å². The maximum absolute atomic E-state index is 5.70. The van der Waals surface area contributed by atoms with E-state index in [0.29, 0.717) is 18.0 Å². The Balaban J connectivity index is 1.95. The highest BCUT2D eigenvalue weighted by Crippen LogP contribution is 2.23. The van der Waals surface area contributed by atoms with E-state index in [1.807, 2.05) is 19.9 Å². The minimum atomic E-state index is 0.392. The fourth-order valence-corrected chi connectivity index (χ4v) is 2.51. The van der Waals surface area contributed by atoms with Crippen molar-refractivity contribution >= 4 is 11.8 Å². The first-order valence-corrected chi connectivity index (χ1v) is 7.18. The Morgan fingerprint density at radius 2 is 2.16 bits per heavy atom. The van der Waals surface area contributed by atoms with Gasteiger partial charge in [0.1, 0.15) is 5.82 Å². The second kappa shape index (κ2) is 6.70. The molecule has 1 aliphatic heterocycles. The zero-order valence-corrected chi connectivity index (χ0v) is 12.1. The smallest absolute Gasteiger partial charge is 0.224 e. The van der Waals surface area contributed by atoms with E-state index in [4.69, 9.17) is 4.74 Å². The molecule has 0 saturated carbocycles. The summed E-state index contributed by atoms with van der Waals surface area (Å²) in [5.41, 5.74) is 0.975. The van der Waals surface area contributed by atoms with Gasteiger partial charge in [-0.25, -0.2) is 4.98 Å². The number of rotatable bonds is 6. The third kappa shape index (κ3) is 3.80. The minimum absolute atomic E-state index is 0.392. The van der Waals surface area contributed by atoms with E-state index in [0.717, 1.165) is 44.0 Å². The number of aryl methyl sites for hydroxylation is 1. The SMILES string of the molecule is CCNc1nc(C)cc(NCC2CCOC2CC)n1. The van der Waals surface area contributed by atoms with Crippen LogP contribution in [-0.4, -0.2) is 35.8 Å². The van der Waals surface area contributed by atoms with Crippen LogP contribution < -0.4 is 10.6 Å². The van der Waals surface area contributed by atoms with Gasteiger partial charge in [-0.05, 0) is 26.7 Å². The molecule has 2 unspecified atom stereocenters. The van der Waals surface area contributed by atoms with Crippen molar-refractivity contribution < 1.29 is 4.74 Å². The van der Waals surface area contributed by atoms with Gasteiger partial charge in [-0.15, -0.1) is 0 Å². The molecule has 106 valence electrons. The summed E-state index contributed by atoms with van der Waals surface area (Å²) in [4.78, 5) is 8.81. The molecular weight excluding hydrogens is 240 g/mol. The zero-order valence-electron chi connectivity index (χ0n) is 12.1. The summed E-state index contributed by atoms with van der Waals surface area (Å²) < 4.78 is 5.70. The number of anilines is 2. The van der Waals surface area contributed by atoms with Crippen molar-refractivity contribution in [3.8, 4) is 0 Å². The second-order valence-corrected chi connectivity index (χ2v) is 5.00. The molecule has 1 saturated heterocycles. The molecule has 2 N–H and O–H groups in total. The molecule has 1 fully saturated rings. The van der Waals surface area contributed by atoms with E-state index in [1.165, 1.54) is 0 Å². The Hall–Kier alpha value is -1.36. The third-order valence-electron chi connectivity index (χ3n) is 3.48. The van der Waals surface area contributed by atoms with Crippen LogP contribution in [0.3, 0.4) is 0 Å². The summed E-state index contributed by atoms with van der Waals surface area (Å²) in [6, 6.07) is 1.98. The molecule has 0 aliphatic carbocycles. The number of nitrogens with one attached hydrogen (secondary N) is 2. The summed E-state index contributed by atoms with van der Waals surface area (Å²) in [5.74, 6) is 2.17. The predicted molar refractivity (Wildman–Crippen MR) is 77.6 cm³/mol. The average molecular weight is 264 g/mol. The molecule has 2 heterocycles. The van der Waals surface area contributed by atoms with Crippen molar-refractivity contribution in [2.75, 3.05) is 30.3 Å². The molecule has 0 bridgehead atoms. The third-order valence-corrected chi connectivity index (χ3v) is 3.48. The van der Waals surface area contributed by atoms with Gasteiger partial charge in [-0.3, -0.25) is 0 Å². The number of hydrogen-bond acceptors (Lipinski definition) is 5. The van der Waals surface area contributed by atoms with Gasteiger partial charge in [-0.2, -0.15) is 4.98 Å². The number of ether oxygens (including phenoxy) is 1. The molecule has 19 heavy (non-hydrogen) atoms. The molecule has 5 nitrogen and oxygen atoms in total. The summed E-state index contributed by atoms with van der Waals surface area (Å²) in [6.45, 7) is 8.84. The molecule has 2 atom stereocenters. The number of nitrogens with zero attached hydrogens (tertiary/aromatic N) is 2. The minimum Gasteiger partial charge on any atom is -0.378 e. The van der Waals surface area contributed by atoms with Gasteiger partial charge >= 0.3 is 0 Å². The lowest BCUT2D eigenvalue weighted by atomic mass is 10.00. The summed E-state index contributed by atoms with van der Waals surface area (Å²) in [5, 5.41) is 6.57. The van der Waals surface area contributed by atoms with Gasteiger partial charge in [0, 0.05) is 37.4 Å². The standard InChI is InChI=1S/C14H24N4O/c1-4-12-11(6-7-19-12)9-16-13-8-10(3)17-14(18-13)15-5-2/h8,11-12H,4-7,9H2,1-3H3,(H2,15,16,17,18). The van der Waals surface area contributed by atoms with Crippen molar-refractivity contribution in [2.24, 2.45) is 5.92 Å².